The Balaban J connectivity index is 1.60. The molecule has 172 valence electrons. The number of benzene rings is 2. The fraction of sp³-hybridized carbons (Fsp3) is 0.440. The second kappa shape index (κ2) is 9.10. The molecule has 1 aliphatic rings. The van der Waals surface area contributed by atoms with Crippen molar-refractivity contribution in [1.82, 2.24) is 10.2 Å². The number of hydrogen-bond donors (Lipinski definition) is 1. The Labute approximate surface area is 189 Å². The Morgan fingerprint density at radius 2 is 1.62 bits per heavy atom. The van der Waals surface area contributed by atoms with Crippen LogP contribution >= 0.6 is 0 Å². The van der Waals surface area contributed by atoms with Gasteiger partial charge < -0.3 is 19.5 Å². The van der Waals surface area contributed by atoms with Gasteiger partial charge in [-0.2, -0.15) is 0 Å². The zero-order chi connectivity index (χ0) is 23.5. The average molecular weight is 441 g/mol. The Kier molecular flexibility index (Phi) is 6.67. The van der Waals surface area contributed by atoms with Gasteiger partial charge in [-0.25, -0.2) is 4.79 Å². The molecule has 0 aliphatic carbocycles. The highest BCUT2D eigenvalue weighted by atomic mass is 16.5. The second-order valence-corrected chi connectivity index (χ2v) is 9.06. The van der Waals surface area contributed by atoms with Crippen molar-refractivity contribution in [3.63, 3.8) is 0 Å². The van der Waals surface area contributed by atoms with Crippen molar-refractivity contribution in [2.24, 2.45) is 0 Å². The molecule has 7 heteroatoms. The van der Waals surface area contributed by atoms with Gasteiger partial charge in [0.15, 0.2) is 11.5 Å². The van der Waals surface area contributed by atoms with E-state index in [9.17, 15) is 9.59 Å². The van der Waals surface area contributed by atoms with Crippen molar-refractivity contribution < 1.29 is 23.8 Å². The van der Waals surface area contributed by atoms with Crippen LogP contribution in [0.15, 0.2) is 42.5 Å². The maximum absolute atomic E-state index is 13.1. The summed E-state index contributed by atoms with van der Waals surface area (Å²) in [7, 11) is 3.08. The van der Waals surface area contributed by atoms with E-state index in [4.69, 9.17) is 14.2 Å². The number of nitrogens with one attached hydrogen (secondary N) is 1. The summed E-state index contributed by atoms with van der Waals surface area (Å²) in [5, 5.41) is 2.81. The lowest BCUT2D eigenvalue weighted by Crippen LogP contribution is -2.41. The minimum absolute atomic E-state index is 0.0859. The lowest BCUT2D eigenvalue weighted by Gasteiger charge is -2.23. The molecule has 0 unspecified atom stereocenters. The first-order valence-electron chi connectivity index (χ1n) is 10.7. The average Bonchev–Trinajstić information content (AvgIpc) is 2.99. The van der Waals surface area contributed by atoms with Gasteiger partial charge in [-0.15, -0.1) is 0 Å². The molecule has 0 radical (unpaired) electrons. The van der Waals surface area contributed by atoms with Crippen molar-refractivity contribution in [2.45, 2.75) is 45.1 Å². The number of urea groups is 1. The lowest BCUT2D eigenvalue weighted by molar-refractivity contribution is -0.131. The summed E-state index contributed by atoms with van der Waals surface area (Å²) < 4.78 is 16.4. The normalized spacial score (nSPS) is 18.5. The second-order valence-electron chi connectivity index (χ2n) is 9.06. The zero-order valence-electron chi connectivity index (χ0n) is 19.7. The number of carbonyl (C=O) groups excluding carboxylic acids is 2. The third-order valence-electron chi connectivity index (χ3n) is 5.75. The first-order chi connectivity index (χ1) is 15.1. The number of amides is 3. The largest absolute Gasteiger partial charge is 0.494 e. The summed E-state index contributed by atoms with van der Waals surface area (Å²) >= 11 is 0. The van der Waals surface area contributed by atoms with Crippen LogP contribution in [-0.2, 0) is 15.7 Å². The lowest BCUT2D eigenvalue weighted by atomic mass is 9.87. The van der Waals surface area contributed by atoms with Gasteiger partial charge in [0.05, 0.1) is 20.8 Å². The van der Waals surface area contributed by atoms with Crippen LogP contribution in [0.2, 0.25) is 0 Å². The molecule has 3 rings (SSSR count). The van der Waals surface area contributed by atoms with E-state index >= 15 is 0 Å². The van der Waals surface area contributed by atoms with Crippen LogP contribution in [-0.4, -0.2) is 44.2 Å². The van der Waals surface area contributed by atoms with Crippen LogP contribution < -0.4 is 19.5 Å². The fourth-order valence-electron chi connectivity index (χ4n) is 3.71. The third kappa shape index (κ3) is 4.66. The molecule has 32 heavy (non-hydrogen) atoms. The minimum atomic E-state index is -1.17. The van der Waals surface area contributed by atoms with Crippen LogP contribution in [0.5, 0.6) is 17.2 Å². The number of methoxy groups -OCH3 is 2. The molecule has 0 bridgehead atoms. The summed E-state index contributed by atoms with van der Waals surface area (Å²) in [6, 6.07) is 12.8. The molecular weight excluding hydrogens is 408 g/mol. The first-order valence-corrected chi connectivity index (χ1v) is 10.7. The van der Waals surface area contributed by atoms with E-state index < -0.39 is 11.6 Å². The van der Waals surface area contributed by atoms with Crippen molar-refractivity contribution in [2.75, 3.05) is 27.4 Å². The number of imide groups is 1. The topological polar surface area (TPSA) is 77.1 Å². The number of carbonyl (C=O) groups is 2. The summed E-state index contributed by atoms with van der Waals surface area (Å²) in [4.78, 5) is 26.9. The van der Waals surface area contributed by atoms with E-state index in [1.807, 2.05) is 12.1 Å². The molecule has 0 aromatic heterocycles. The van der Waals surface area contributed by atoms with Crippen LogP contribution in [0.25, 0.3) is 0 Å². The SMILES string of the molecule is COc1ccc([C@]2(C)NC(=O)N(CCCOc3ccc(C(C)(C)C)cc3)C2=O)cc1OC. The van der Waals surface area contributed by atoms with Crippen LogP contribution in [0.1, 0.15) is 45.2 Å². The summed E-state index contributed by atoms with van der Waals surface area (Å²) in [6.45, 7) is 8.86. The quantitative estimate of drug-likeness (QED) is 0.491. The number of ether oxygens (including phenoxy) is 3. The zero-order valence-corrected chi connectivity index (χ0v) is 19.7. The Hall–Kier alpha value is -3.22. The van der Waals surface area contributed by atoms with Gasteiger partial charge in [-0.05, 0) is 54.2 Å². The van der Waals surface area contributed by atoms with E-state index in [1.54, 1.807) is 32.2 Å². The maximum Gasteiger partial charge on any atom is 0.325 e. The fourth-order valence-corrected chi connectivity index (χ4v) is 3.71. The smallest absolute Gasteiger partial charge is 0.325 e. The molecule has 7 nitrogen and oxygen atoms in total. The van der Waals surface area contributed by atoms with Crippen molar-refractivity contribution in [3.8, 4) is 17.2 Å². The molecule has 1 fully saturated rings. The number of hydrogen-bond acceptors (Lipinski definition) is 5. The molecule has 1 atom stereocenters. The Morgan fingerprint density at radius 3 is 2.22 bits per heavy atom. The monoisotopic (exact) mass is 440 g/mol. The maximum atomic E-state index is 13.1. The number of nitrogens with zero attached hydrogens (tertiary/aromatic N) is 1. The predicted molar refractivity (Wildman–Crippen MR) is 122 cm³/mol. The molecule has 1 saturated heterocycles. The molecular formula is C25H32N2O5. The van der Waals surface area contributed by atoms with Crippen molar-refractivity contribution in [1.29, 1.82) is 0 Å². The highest BCUT2D eigenvalue weighted by molar-refractivity contribution is 6.07. The number of rotatable bonds is 8. The van der Waals surface area contributed by atoms with E-state index in [0.717, 1.165) is 5.75 Å². The van der Waals surface area contributed by atoms with E-state index in [2.05, 4.69) is 38.2 Å². The van der Waals surface area contributed by atoms with Gasteiger partial charge in [0.2, 0.25) is 0 Å². The van der Waals surface area contributed by atoms with Crippen LogP contribution in [0.3, 0.4) is 0 Å². The van der Waals surface area contributed by atoms with Crippen molar-refractivity contribution in [3.05, 3.63) is 53.6 Å². The summed E-state index contributed by atoms with van der Waals surface area (Å²) in [5.74, 6) is 1.52. The Morgan fingerprint density at radius 1 is 0.969 bits per heavy atom. The van der Waals surface area contributed by atoms with E-state index in [1.165, 1.54) is 17.6 Å². The van der Waals surface area contributed by atoms with Gasteiger partial charge in [0, 0.05) is 6.54 Å². The molecule has 1 N–H and O–H groups in total. The van der Waals surface area contributed by atoms with Gasteiger partial charge >= 0.3 is 6.03 Å². The van der Waals surface area contributed by atoms with Crippen LogP contribution in [0.4, 0.5) is 4.79 Å². The minimum Gasteiger partial charge on any atom is -0.494 e. The van der Waals surface area contributed by atoms with Gasteiger partial charge in [0.1, 0.15) is 11.3 Å². The molecule has 3 amide bonds. The van der Waals surface area contributed by atoms with E-state index in [-0.39, 0.29) is 17.9 Å². The molecule has 0 saturated carbocycles. The third-order valence-corrected chi connectivity index (χ3v) is 5.75. The first kappa shape index (κ1) is 23.4. The van der Waals surface area contributed by atoms with Gasteiger partial charge in [-0.3, -0.25) is 9.69 Å². The van der Waals surface area contributed by atoms with Gasteiger partial charge in [-0.1, -0.05) is 39.0 Å². The molecule has 1 aliphatic heterocycles. The summed E-state index contributed by atoms with van der Waals surface area (Å²) in [5.41, 5.74) is 0.785. The molecule has 2 aromatic rings. The predicted octanol–water partition coefficient (Wildman–Crippen LogP) is 4.24. The highest BCUT2D eigenvalue weighted by Gasteiger charge is 2.49. The van der Waals surface area contributed by atoms with Crippen molar-refractivity contribution >= 4 is 11.9 Å². The molecule has 2 aromatic carbocycles. The highest BCUT2D eigenvalue weighted by Crippen LogP contribution is 2.35. The molecule has 1 heterocycles. The van der Waals surface area contributed by atoms with E-state index in [0.29, 0.717) is 30.1 Å². The van der Waals surface area contributed by atoms with Crippen LogP contribution in [0, 0.1) is 0 Å². The Bertz CT molecular complexity index is 981. The van der Waals surface area contributed by atoms with Gasteiger partial charge in [0.25, 0.3) is 5.91 Å². The standard InChI is InChI=1S/C25H32N2O5/c1-24(2,3)17-8-11-19(12-9-17)32-15-7-14-27-22(28)25(4,26-23(27)29)18-10-13-20(30-5)21(16-18)31-6/h8-13,16H,7,14-15H2,1-6H3,(H,26,29)/t25-/m0/s1. The summed E-state index contributed by atoms with van der Waals surface area (Å²) in [6.07, 6.45) is 0.530. The molecule has 0 spiro atoms.